The Morgan fingerprint density at radius 3 is 2.96 bits per heavy atom. The molecule has 1 atom stereocenters. The highest BCUT2D eigenvalue weighted by molar-refractivity contribution is 5.38. The number of likely N-dealkylation sites (N-methyl/N-ethyl adjacent to an activating group) is 1. The fourth-order valence-corrected chi connectivity index (χ4v) is 3.06. The summed E-state index contributed by atoms with van der Waals surface area (Å²) >= 11 is 0. The van der Waals surface area contributed by atoms with Crippen LogP contribution >= 0.6 is 0 Å². The molecular formula is C16H25N7. The van der Waals surface area contributed by atoms with Crippen LogP contribution in [0, 0.1) is 0 Å². The maximum absolute atomic E-state index is 5.79. The van der Waals surface area contributed by atoms with Crippen LogP contribution in [0.4, 0.5) is 11.8 Å². The van der Waals surface area contributed by atoms with E-state index in [0.29, 0.717) is 11.7 Å². The van der Waals surface area contributed by atoms with Gasteiger partial charge in [-0.05, 0) is 33.0 Å². The number of rotatable bonds is 5. The first kappa shape index (κ1) is 15.7. The summed E-state index contributed by atoms with van der Waals surface area (Å²) in [6, 6.07) is 1.72. The average Bonchev–Trinajstić information content (AvgIpc) is 3.01. The van der Waals surface area contributed by atoms with Gasteiger partial charge in [0, 0.05) is 50.7 Å². The first-order valence-corrected chi connectivity index (χ1v) is 8.12. The molecule has 0 amide bonds. The second-order valence-electron chi connectivity index (χ2n) is 6.35. The summed E-state index contributed by atoms with van der Waals surface area (Å²) in [6.45, 7) is 3.84. The summed E-state index contributed by atoms with van der Waals surface area (Å²) in [5.41, 5.74) is 5.79. The summed E-state index contributed by atoms with van der Waals surface area (Å²) in [5.74, 6) is 2.82. The van der Waals surface area contributed by atoms with E-state index in [9.17, 15) is 0 Å². The van der Waals surface area contributed by atoms with Crippen LogP contribution in [0.3, 0.4) is 0 Å². The molecule has 0 saturated carbocycles. The van der Waals surface area contributed by atoms with Crippen LogP contribution in [0.1, 0.15) is 24.6 Å². The largest absolute Gasteiger partial charge is 0.384 e. The minimum Gasteiger partial charge on any atom is -0.384 e. The Labute approximate surface area is 137 Å². The fourth-order valence-electron chi connectivity index (χ4n) is 3.06. The molecule has 7 heteroatoms. The topological polar surface area (TPSA) is 76.1 Å². The van der Waals surface area contributed by atoms with Crippen molar-refractivity contribution in [2.24, 2.45) is 0 Å². The molecule has 2 aromatic heterocycles. The Morgan fingerprint density at radius 1 is 1.30 bits per heavy atom. The van der Waals surface area contributed by atoms with Crippen molar-refractivity contribution < 1.29 is 0 Å². The van der Waals surface area contributed by atoms with E-state index in [1.54, 1.807) is 12.3 Å². The molecular weight excluding hydrogens is 290 g/mol. The first-order chi connectivity index (χ1) is 11.1. The van der Waals surface area contributed by atoms with Gasteiger partial charge < -0.3 is 20.1 Å². The molecule has 0 aromatic carbocycles. The van der Waals surface area contributed by atoms with Crippen LogP contribution < -0.4 is 10.6 Å². The van der Waals surface area contributed by atoms with Crippen molar-refractivity contribution in [1.82, 2.24) is 24.4 Å². The maximum atomic E-state index is 5.79. The van der Waals surface area contributed by atoms with Gasteiger partial charge in [0.2, 0.25) is 5.95 Å². The summed E-state index contributed by atoms with van der Waals surface area (Å²) in [6.07, 6.45) is 7.97. The normalized spacial score (nSPS) is 18.6. The molecule has 23 heavy (non-hydrogen) atoms. The van der Waals surface area contributed by atoms with E-state index in [1.165, 1.54) is 5.82 Å². The second-order valence-corrected chi connectivity index (χ2v) is 6.35. The molecule has 3 rings (SSSR count). The smallest absolute Gasteiger partial charge is 0.227 e. The lowest BCUT2D eigenvalue weighted by atomic mass is 9.97. The Kier molecular flexibility index (Phi) is 4.76. The van der Waals surface area contributed by atoms with Gasteiger partial charge >= 0.3 is 0 Å². The number of nitrogens with zero attached hydrogens (tertiary/aromatic N) is 6. The number of imidazole rings is 1. The zero-order valence-corrected chi connectivity index (χ0v) is 13.9. The van der Waals surface area contributed by atoms with Gasteiger partial charge in [-0.25, -0.2) is 9.97 Å². The molecule has 0 aliphatic carbocycles. The van der Waals surface area contributed by atoms with Crippen LogP contribution in [0.25, 0.3) is 0 Å². The van der Waals surface area contributed by atoms with Gasteiger partial charge in [-0.1, -0.05) is 0 Å². The lowest BCUT2D eigenvalue weighted by Crippen LogP contribution is -2.36. The number of anilines is 2. The Morgan fingerprint density at radius 2 is 2.17 bits per heavy atom. The van der Waals surface area contributed by atoms with Crippen molar-refractivity contribution >= 4 is 11.8 Å². The molecule has 7 nitrogen and oxygen atoms in total. The number of hydrogen-bond donors (Lipinski definition) is 1. The predicted octanol–water partition coefficient (Wildman–Crippen LogP) is 1.20. The van der Waals surface area contributed by atoms with Gasteiger partial charge in [0.25, 0.3) is 0 Å². The molecule has 0 bridgehead atoms. The number of piperidine rings is 1. The van der Waals surface area contributed by atoms with E-state index in [-0.39, 0.29) is 0 Å². The summed E-state index contributed by atoms with van der Waals surface area (Å²) in [4.78, 5) is 17.7. The molecule has 0 radical (unpaired) electrons. The maximum Gasteiger partial charge on any atom is 0.227 e. The third-order valence-corrected chi connectivity index (χ3v) is 4.27. The number of nitrogens with two attached hydrogens (primary N) is 1. The summed E-state index contributed by atoms with van der Waals surface area (Å²) in [7, 11) is 4.19. The van der Waals surface area contributed by atoms with Crippen molar-refractivity contribution in [2.75, 3.05) is 44.4 Å². The van der Waals surface area contributed by atoms with Crippen LogP contribution in [0.2, 0.25) is 0 Å². The zero-order valence-electron chi connectivity index (χ0n) is 13.9. The van der Waals surface area contributed by atoms with Crippen LogP contribution in [0.5, 0.6) is 0 Å². The van der Waals surface area contributed by atoms with E-state index in [1.807, 2.05) is 6.20 Å². The van der Waals surface area contributed by atoms with E-state index in [4.69, 9.17) is 5.73 Å². The van der Waals surface area contributed by atoms with Gasteiger partial charge in [0.1, 0.15) is 11.6 Å². The first-order valence-electron chi connectivity index (χ1n) is 8.12. The fraction of sp³-hybridized carbons (Fsp3) is 0.562. The summed E-state index contributed by atoms with van der Waals surface area (Å²) in [5, 5.41) is 0. The van der Waals surface area contributed by atoms with E-state index < -0.39 is 0 Å². The molecule has 1 aliphatic rings. The molecule has 124 valence electrons. The SMILES string of the molecule is CN(C)CCn1ccnc1[C@@H]1CCCN(c2nccc(N)n2)C1. The molecule has 1 saturated heterocycles. The number of nitrogen functional groups attached to an aromatic ring is 1. The highest BCUT2D eigenvalue weighted by atomic mass is 15.3. The molecule has 3 heterocycles. The standard InChI is InChI=1S/C16H25N7/c1-21(2)10-11-22-9-7-18-15(22)13-4-3-8-23(12-13)16-19-6-5-14(17)20-16/h5-7,9,13H,3-4,8,10-12H2,1-2H3,(H2,17,19,20)/t13-/m1/s1. The lowest BCUT2D eigenvalue weighted by Gasteiger charge is -2.32. The van der Waals surface area contributed by atoms with Crippen LogP contribution in [-0.2, 0) is 6.54 Å². The molecule has 1 aliphatic heterocycles. The Hall–Kier alpha value is -2.15. The van der Waals surface area contributed by atoms with E-state index >= 15 is 0 Å². The molecule has 2 N–H and O–H groups in total. The number of hydrogen-bond acceptors (Lipinski definition) is 6. The highest BCUT2D eigenvalue weighted by Crippen LogP contribution is 2.27. The van der Waals surface area contributed by atoms with Crippen molar-refractivity contribution in [3.63, 3.8) is 0 Å². The highest BCUT2D eigenvalue weighted by Gasteiger charge is 2.26. The van der Waals surface area contributed by atoms with Gasteiger partial charge in [-0.2, -0.15) is 4.98 Å². The van der Waals surface area contributed by atoms with Crippen molar-refractivity contribution in [3.8, 4) is 0 Å². The van der Waals surface area contributed by atoms with Gasteiger partial charge in [0.05, 0.1) is 0 Å². The molecule has 2 aromatic rings. The zero-order chi connectivity index (χ0) is 16.2. The monoisotopic (exact) mass is 315 g/mol. The van der Waals surface area contributed by atoms with Crippen molar-refractivity contribution in [2.45, 2.75) is 25.3 Å². The third kappa shape index (κ3) is 3.79. The van der Waals surface area contributed by atoms with Crippen molar-refractivity contribution in [1.29, 1.82) is 0 Å². The predicted molar refractivity (Wildman–Crippen MR) is 91.4 cm³/mol. The van der Waals surface area contributed by atoms with Crippen LogP contribution in [0.15, 0.2) is 24.7 Å². The molecule has 0 spiro atoms. The van der Waals surface area contributed by atoms with E-state index in [0.717, 1.165) is 45.0 Å². The minimum absolute atomic E-state index is 0.408. The third-order valence-electron chi connectivity index (χ3n) is 4.27. The van der Waals surface area contributed by atoms with Crippen LogP contribution in [-0.4, -0.2) is 58.1 Å². The Balaban J connectivity index is 1.73. The Bertz CT molecular complexity index is 637. The van der Waals surface area contributed by atoms with E-state index in [2.05, 4.69) is 49.6 Å². The minimum atomic E-state index is 0.408. The average molecular weight is 315 g/mol. The van der Waals surface area contributed by atoms with Gasteiger partial charge in [-0.3, -0.25) is 0 Å². The quantitative estimate of drug-likeness (QED) is 0.893. The second kappa shape index (κ2) is 6.95. The van der Waals surface area contributed by atoms with Gasteiger partial charge in [-0.15, -0.1) is 0 Å². The van der Waals surface area contributed by atoms with Crippen molar-refractivity contribution in [3.05, 3.63) is 30.5 Å². The molecule has 1 fully saturated rings. The lowest BCUT2D eigenvalue weighted by molar-refractivity contribution is 0.373. The molecule has 0 unspecified atom stereocenters. The van der Waals surface area contributed by atoms with Gasteiger partial charge in [0.15, 0.2) is 0 Å². The summed E-state index contributed by atoms with van der Waals surface area (Å²) < 4.78 is 2.27. The number of aromatic nitrogens is 4.